The minimum atomic E-state index is -1.43. The van der Waals surface area contributed by atoms with E-state index in [1.807, 2.05) is 25.3 Å². The Labute approximate surface area is 245 Å². The Hall–Kier alpha value is -2.99. The smallest absolute Gasteiger partial charge is 0.339 e. The number of carbonyl (C=O) groups is 1. The van der Waals surface area contributed by atoms with Crippen LogP contribution in [0.15, 0.2) is 42.6 Å². The summed E-state index contributed by atoms with van der Waals surface area (Å²) in [7, 11) is 1.73. The first kappa shape index (κ1) is 29.1. The Morgan fingerprint density at radius 2 is 1.93 bits per heavy atom. The average molecular weight is 580 g/mol. The second-order valence-electron chi connectivity index (χ2n) is 11.9. The molecule has 3 aromatic rings. The van der Waals surface area contributed by atoms with Crippen molar-refractivity contribution in [2.75, 3.05) is 20.3 Å². The molecule has 5 N–H and O–H groups in total. The first-order chi connectivity index (χ1) is 20.3. The Morgan fingerprint density at radius 3 is 2.67 bits per heavy atom. The molecule has 6 rings (SSSR count). The normalized spacial score (nSPS) is 31.4. The Balaban J connectivity index is 1.29. The highest BCUT2D eigenvalue weighted by Gasteiger charge is 2.53. The Bertz CT molecular complexity index is 1430. The second-order valence-corrected chi connectivity index (χ2v) is 11.9. The minimum Gasteiger partial charge on any atom is -0.496 e. The first-order valence-electron chi connectivity index (χ1n) is 14.9. The average Bonchev–Trinajstić information content (AvgIpc) is 3.56. The molecule has 0 unspecified atom stereocenters. The number of nitrogens with zero attached hydrogens (tertiary/aromatic N) is 1. The van der Waals surface area contributed by atoms with E-state index in [-0.39, 0.29) is 18.2 Å². The standard InChI is InChI=1S/C32H41N3O7/c1-4-41-22-14-21-9-11-32(15-22,35(21)17-24-23-10-12-33-27(23)18(2)13-26(24)40-3)20-7-5-19(6-8-20)31(39)42-30-29(38)28(37)25(36)16-34-30/h5-8,10,12-13,21-22,25,28-30,33-34,36-38H,4,9,11,14-17H2,1-3H3/t21-,22+,25+,28+,29-,30+,32+/m1/s1. The lowest BCUT2D eigenvalue weighted by atomic mass is 9.79. The molecule has 3 fully saturated rings. The molecule has 0 spiro atoms. The monoisotopic (exact) mass is 579 g/mol. The number of esters is 1. The van der Waals surface area contributed by atoms with Gasteiger partial charge in [-0.25, -0.2) is 4.79 Å². The number of aliphatic hydroxyl groups is 3. The highest BCUT2D eigenvalue weighted by Crippen LogP contribution is 2.52. The van der Waals surface area contributed by atoms with Crippen molar-refractivity contribution in [1.82, 2.24) is 15.2 Å². The molecule has 0 aliphatic carbocycles. The van der Waals surface area contributed by atoms with Crippen LogP contribution in [0.25, 0.3) is 10.9 Å². The summed E-state index contributed by atoms with van der Waals surface area (Å²) in [6.45, 7) is 5.54. The fourth-order valence-corrected chi connectivity index (χ4v) is 7.40. The fraction of sp³-hybridized carbons (Fsp3) is 0.531. The number of hydrogen-bond donors (Lipinski definition) is 5. The third-order valence-electron chi connectivity index (χ3n) is 9.52. The van der Waals surface area contributed by atoms with Crippen LogP contribution in [0.4, 0.5) is 0 Å². The summed E-state index contributed by atoms with van der Waals surface area (Å²) in [5.74, 6) is 0.269. The number of hydrogen-bond acceptors (Lipinski definition) is 9. The van der Waals surface area contributed by atoms with Crippen LogP contribution in [0.1, 0.15) is 59.7 Å². The van der Waals surface area contributed by atoms with Crippen molar-refractivity contribution in [2.45, 2.75) is 88.3 Å². The molecule has 3 aliphatic rings. The summed E-state index contributed by atoms with van der Waals surface area (Å²) in [6, 6.07) is 12.1. The van der Waals surface area contributed by atoms with E-state index in [0.29, 0.717) is 18.2 Å². The molecule has 4 heterocycles. The lowest BCUT2D eigenvalue weighted by Gasteiger charge is -2.48. The minimum absolute atomic E-state index is 0.0104. The zero-order chi connectivity index (χ0) is 29.6. The Kier molecular flexibility index (Phi) is 8.03. The van der Waals surface area contributed by atoms with E-state index in [9.17, 15) is 20.1 Å². The zero-order valence-corrected chi connectivity index (χ0v) is 24.4. The molecule has 0 radical (unpaired) electrons. The van der Waals surface area contributed by atoms with E-state index in [1.165, 1.54) is 5.39 Å². The van der Waals surface area contributed by atoms with Crippen molar-refractivity contribution < 1.29 is 34.3 Å². The highest BCUT2D eigenvalue weighted by molar-refractivity contribution is 5.90. The number of benzene rings is 2. The number of aliphatic hydroxyl groups excluding tert-OH is 3. The van der Waals surface area contributed by atoms with Gasteiger partial charge in [0.15, 0.2) is 6.23 Å². The molecular formula is C32H41N3O7. The number of ether oxygens (including phenoxy) is 3. The van der Waals surface area contributed by atoms with Crippen molar-refractivity contribution in [2.24, 2.45) is 0 Å². The molecule has 2 bridgehead atoms. The zero-order valence-electron chi connectivity index (χ0n) is 24.4. The van der Waals surface area contributed by atoms with Crippen LogP contribution in [0.5, 0.6) is 5.75 Å². The lowest BCUT2D eigenvalue weighted by Crippen LogP contribution is -2.60. The van der Waals surface area contributed by atoms with E-state index < -0.39 is 30.5 Å². The van der Waals surface area contributed by atoms with Gasteiger partial charge in [-0.15, -0.1) is 0 Å². The maximum absolute atomic E-state index is 13.0. The van der Waals surface area contributed by atoms with Gasteiger partial charge in [-0.3, -0.25) is 10.2 Å². The molecule has 0 amide bonds. The van der Waals surface area contributed by atoms with Crippen molar-refractivity contribution >= 4 is 16.9 Å². The summed E-state index contributed by atoms with van der Waals surface area (Å²) >= 11 is 0. The SMILES string of the molecule is CCO[C@H]1C[C@H]2CC[C@@](c3ccc(C(=O)O[C@@H]4NC[C@H](O)[C@H](O)[C@H]4O)cc3)(C1)N2Cc1c(OC)cc(C)c2[nH]ccc12. The fourth-order valence-electron chi connectivity index (χ4n) is 7.40. The Morgan fingerprint density at radius 1 is 1.14 bits per heavy atom. The number of rotatable bonds is 8. The summed E-state index contributed by atoms with van der Waals surface area (Å²) < 4.78 is 17.5. The van der Waals surface area contributed by atoms with Crippen LogP contribution in [-0.2, 0) is 21.6 Å². The van der Waals surface area contributed by atoms with Gasteiger partial charge in [0.1, 0.15) is 18.0 Å². The molecular weight excluding hydrogens is 538 g/mol. The van der Waals surface area contributed by atoms with Crippen LogP contribution in [0, 0.1) is 6.92 Å². The lowest BCUT2D eigenvalue weighted by molar-refractivity contribution is -0.142. The van der Waals surface area contributed by atoms with Gasteiger partial charge in [0.2, 0.25) is 0 Å². The quantitative estimate of drug-likeness (QED) is 0.255. The van der Waals surface area contributed by atoms with Crippen molar-refractivity contribution in [1.29, 1.82) is 0 Å². The number of aryl methyl sites for hydroxylation is 1. The number of fused-ring (bicyclic) bond motifs is 3. The third kappa shape index (κ3) is 5.00. The van der Waals surface area contributed by atoms with Crippen molar-refractivity contribution in [3.05, 3.63) is 64.8 Å². The number of H-pyrrole nitrogens is 1. The van der Waals surface area contributed by atoms with Gasteiger partial charge in [-0.05, 0) is 74.9 Å². The first-order valence-corrected chi connectivity index (χ1v) is 14.9. The summed E-state index contributed by atoms with van der Waals surface area (Å²) in [5, 5.41) is 33.9. The molecule has 10 nitrogen and oxygen atoms in total. The molecule has 3 saturated heterocycles. The summed E-state index contributed by atoms with van der Waals surface area (Å²) in [5.41, 5.74) is 4.63. The van der Waals surface area contributed by atoms with E-state index in [0.717, 1.165) is 60.2 Å². The van der Waals surface area contributed by atoms with E-state index in [1.54, 1.807) is 19.2 Å². The number of β-amino-alcohol motifs (C(OH)–C–C–N with tert-alkyl or cyclic N) is 1. The highest BCUT2D eigenvalue weighted by atomic mass is 16.6. The number of piperidine rings is 2. The third-order valence-corrected chi connectivity index (χ3v) is 9.52. The number of nitrogens with one attached hydrogen (secondary N) is 2. The van der Waals surface area contributed by atoms with Gasteiger partial charge in [-0.2, -0.15) is 0 Å². The molecule has 226 valence electrons. The molecule has 7 atom stereocenters. The summed E-state index contributed by atoms with van der Waals surface area (Å²) in [6.07, 6.45) is 0.928. The van der Waals surface area contributed by atoms with Crippen molar-refractivity contribution in [3.8, 4) is 5.75 Å². The molecule has 10 heteroatoms. The van der Waals surface area contributed by atoms with E-state index >= 15 is 0 Å². The summed E-state index contributed by atoms with van der Waals surface area (Å²) in [4.78, 5) is 19.0. The number of carbonyl (C=O) groups excluding carboxylic acids is 1. The van der Waals surface area contributed by atoms with Crippen LogP contribution < -0.4 is 10.1 Å². The topological polar surface area (TPSA) is 137 Å². The van der Waals surface area contributed by atoms with E-state index in [2.05, 4.69) is 34.3 Å². The number of aromatic nitrogens is 1. The molecule has 3 aliphatic heterocycles. The van der Waals surface area contributed by atoms with Crippen LogP contribution in [0.3, 0.4) is 0 Å². The van der Waals surface area contributed by atoms with Gasteiger partial charge < -0.3 is 34.5 Å². The van der Waals surface area contributed by atoms with Gasteiger partial charge in [0.25, 0.3) is 0 Å². The van der Waals surface area contributed by atoms with Crippen LogP contribution in [0.2, 0.25) is 0 Å². The van der Waals surface area contributed by atoms with Gasteiger partial charge in [0.05, 0.1) is 24.9 Å². The largest absolute Gasteiger partial charge is 0.496 e. The molecule has 42 heavy (non-hydrogen) atoms. The van der Waals surface area contributed by atoms with Crippen LogP contribution >= 0.6 is 0 Å². The van der Waals surface area contributed by atoms with E-state index in [4.69, 9.17) is 14.2 Å². The molecule has 1 aromatic heterocycles. The van der Waals surface area contributed by atoms with Gasteiger partial charge >= 0.3 is 5.97 Å². The number of methoxy groups -OCH3 is 1. The van der Waals surface area contributed by atoms with Gasteiger partial charge in [0, 0.05) is 53.9 Å². The predicted molar refractivity (Wildman–Crippen MR) is 156 cm³/mol. The van der Waals surface area contributed by atoms with Gasteiger partial charge in [-0.1, -0.05) is 12.1 Å². The predicted octanol–water partition coefficient (Wildman–Crippen LogP) is 2.71. The second kappa shape index (κ2) is 11.6. The van der Waals surface area contributed by atoms with Crippen LogP contribution in [-0.4, -0.2) is 88.1 Å². The maximum atomic E-state index is 13.0. The molecule has 2 aromatic carbocycles. The van der Waals surface area contributed by atoms with Crippen molar-refractivity contribution in [3.63, 3.8) is 0 Å². The number of aromatic amines is 1. The maximum Gasteiger partial charge on any atom is 0.339 e. The molecule has 0 saturated carbocycles.